The lowest BCUT2D eigenvalue weighted by Gasteiger charge is -2.17. The smallest absolute Gasteiger partial charge is 0.147 e. The third-order valence-electron chi connectivity index (χ3n) is 3.52. The highest BCUT2D eigenvalue weighted by molar-refractivity contribution is 9.10. The third-order valence-corrected chi connectivity index (χ3v) is 4.02. The SMILES string of the molecule is CN[C@@H](Cc1cc(Br)ccc1OCc1ccccc1)C(C)=O. The molecule has 0 bridgehead atoms. The van der Waals surface area contributed by atoms with Gasteiger partial charge < -0.3 is 10.1 Å². The van der Waals surface area contributed by atoms with Crippen molar-refractivity contribution < 1.29 is 9.53 Å². The number of hydrogen-bond donors (Lipinski definition) is 1. The van der Waals surface area contributed by atoms with Crippen LogP contribution in [0.3, 0.4) is 0 Å². The maximum absolute atomic E-state index is 11.6. The maximum atomic E-state index is 11.6. The molecule has 0 heterocycles. The van der Waals surface area contributed by atoms with E-state index in [0.717, 1.165) is 21.3 Å². The van der Waals surface area contributed by atoms with Gasteiger partial charge in [-0.1, -0.05) is 46.3 Å². The molecule has 2 aromatic carbocycles. The van der Waals surface area contributed by atoms with E-state index in [0.29, 0.717) is 13.0 Å². The van der Waals surface area contributed by atoms with E-state index in [9.17, 15) is 4.79 Å². The topological polar surface area (TPSA) is 38.3 Å². The number of ketones is 1. The Labute approximate surface area is 139 Å². The van der Waals surface area contributed by atoms with E-state index in [4.69, 9.17) is 4.74 Å². The Balaban J connectivity index is 2.15. The van der Waals surface area contributed by atoms with Crippen LogP contribution in [0.5, 0.6) is 5.75 Å². The van der Waals surface area contributed by atoms with Gasteiger partial charge >= 0.3 is 0 Å². The van der Waals surface area contributed by atoms with Gasteiger partial charge in [-0.25, -0.2) is 0 Å². The van der Waals surface area contributed by atoms with Gasteiger partial charge in [0.05, 0.1) is 6.04 Å². The second-order valence-electron chi connectivity index (χ2n) is 5.18. The summed E-state index contributed by atoms with van der Waals surface area (Å²) in [5.41, 5.74) is 2.13. The highest BCUT2D eigenvalue weighted by Gasteiger charge is 2.15. The first-order valence-corrected chi connectivity index (χ1v) is 8.02. The van der Waals surface area contributed by atoms with Crippen LogP contribution < -0.4 is 10.1 Å². The van der Waals surface area contributed by atoms with Crippen molar-refractivity contribution in [1.82, 2.24) is 5.32 Å². The number of rotatable bonds is 7. The van der Waals surface area contributed by atoms with Crippen molar-refractivity contribution >= 4 is 21.7 Å². The number of likely N-dealkylation sites (N-methyl/N-ethyl adjacent to an activating group) is 1. The van der Waals surface area contributed by atoms with Gasteiger partial charge in [-0.2, -0.15) is 0 Å². The predicted octanol–water partition coefficient (Wildman–Crippen LogP) is 3.75. The highest BCUT2D eigenvalue weighted by Crippen LogP contribution is 2.25. The molecule has 0 aromatic heterocycles. The molecule has 0 amide bonds. The fourth-order valence-electron chi connectivity index (χ4n) is 2.25. The van der Waals surface area contributed by atoms with Crippen LogP contribution in [0.15, 0.2) is 53.0 Å². The number of halogens is 1. The first-order chi connectivity index (χ1) is 10.6. The molecule has 1 N–H and O–H groups in total. The van der Waals surface area contributed by atoms with Crippen LogP contribution in [-0.2, 0) is 17.8 Å². The molecule has 0 aliphatic rings. The summed E-state index contributed by atoms with van der Waals surface area (Å²) in [5.74, 6) is 0.935. The molecule has 4 heteroatoms. The Bertz CT molecular complexity index is 628. The van der Waals surface area contributed by atoms with E-state index in [-0.39, 0.29) is 11.8 Å². The summed E-state index contributed by atoms with van der Waals surface area (Å²) in [6.07, 6.45) is 0.607. The van der Waals surface area contributed by atoms with Crippen LogP contribution in [0.4, 0.5) is 0 Å². The number of Topliss-reactive ketones (excluding diaryl/α,β-unsaturated/α-hetero) is 1. The standard InChI is InChI=1S/C18H20BrNO2/c1-13(21)17(20-2)11-15-10-16(19)8-9-18(15)22-12-14-6-4-3-5-7-14/h3-10,17,20H,11-12H2,1-2H3/t17-/m0/s1. The minimum Gasteiger partial charge on any atom is -0.489 e. The highest BCUT2D eigenvalue weighted by atomic mass is 79.9. The van der Waals surface area contributed by atoms with Crippen molar-refractivity contribution in [3.05, 3.63) is 64.1 Å². The lowest BCUT2D eigenvalue weighted by atomic mass is 10.0. The molecule has 0 radical (unpaired) electrons. The summed E-state index contributed by atoms with van der Waals surface area (Å²) in [7, 11) is 1.80. The molecular formula is C18H20BrNO2. The normalized spacial score (nSPS) is 12.0. The Morgan fingerprint density at radius 2 is 1.95 bits per heavy atom. The van der Waals surface area contributed by atoms with Crippen LogP contribution in [0.2, 0.25) is 0 Å². The molecule has 0 saturated carbocycles. The molecule has 0 fully saturated rings. The van der Waals surface area contributed by atoms with Crippen molar-refractivity contribution in [1.29, 1.82) is 0 Å². The average molecular weight is 362 g/mol. The third kappa shape index (κ3) is 4.68. The molecule has 2 aromatic rings. The molecule has 0 spiro atoms. The first-order valence-electron chi connectivity index (χ1n) is 7.23. The van der Waals surface area contributed by atoms with E-state index in [1.54, 1.807) is 14.0 Å². The van der Waals surface area contributed by atoms with Crippen molar-refractivity contribution in [3.8, 4) is 5.75 Å². The van der Waals surface area contributed by atoms with Crippen LogP contribution in [-0.4, -0.2) is 18.9 Å². The maximum Gasteiger partial charge on any atom is 0.147 e. The van der Waals surface area contributed by atoms with Gasteiger partial charge in [0.1, 0.15) is 18.1 Å². The van der Waals surface area contributed by atoms with Crippen molar-refractivity contribution in [3.63, 3.8) is 0 Å². The molecule has 22 heavy (non-hydrogen) atoms. The van der Waals surface area contributed by atoms with Crippen LogP contribution in [0.25, 0.3) is 0 Å². The van der Waals surface area contributed by atoms with Gasteiger partial charge in [-0.05, 0) is 49.7 Å². The van der Waals surface area contributed by atoms with Crippen molar-refractivity contribution in [2.24, 2.45) is 0 Å². The van der Waals surface area contributed by atoms with Crippen LogP contribution >= 0.6 is 15.9 Å². The van der Waals surface area contributed by atoms with Gasteiger partial charge in [-0.15, -0.1) is 0 Å². The summed E-state index contributed by atoms with van der Waals surface area (Å²) in [5, 5.41) is 3.05. The van der Waals surface area contributed by atoms with Crippen LogP contribution in [0.1, 0.15) is 18.1 Å². The van der Waals surface area contributed by atoms with Gasteiger partial charge in [0.2, 0.25) is 0 Å². The molecule has 1 atom stereocenters. The Hall–Kier alpha value is -1.65. The average Bonchev–Trinajstić information content (AvgIpc) is 2.52. The van der Waals surface area contributed by atoms with E-state index in [1.807, 2.05) is 48.5 Å². The number of hydrogen-bond acceptors (Lipinski definition) is 3. The molecule has 0 unspecified atom stereocenters. The minimum absolute atomic E-state index is 0.122. The lowest BCUT2D eigenvalue weighted by Crippen LogP contribution is -2.34. The van der Waals surface area contributed by atoms with Crippen LogP contribution in [0, 0.1) is 0 Å². The van der Waals surface area contributed by atoms with E-state index in [1.165, 1.54) is 0 Å². The number of ether oxygens (including phenoxy) is 1. The molecule has 3 nitrogen and oxygen atoms in total. The summed E-state index contributed by atoms with van der Waals surface area (Å²) >= 11 is 3.48. The van der Waals surface area contributed by atoms with E-state index in [2.05, 4.69) is 21.2 Å². The van der Waals surface area contributed by atoms with Crippen molar-refractivity contribution in [2.75, 3.05) is 7.05 Å². The second-order valence-corrected chi connectivity index (χ2v) is 6.10. The molecule has 0 saturated heterocycles. The summed E-state index contributed by atoms with van der Waals surface area (Å²) < 4.78 is 6.92. The molecular weight excluding hydrogens is 342 g/mol. The zero-order valence-electron chi connectivity index (χ0n) is 12.8. The molecule has 0 aliphatic heterocycles. The number of carbonyl (C=O) groups is 1. The zero-order valence-corrected chi connectivity index (χ0v) is 14.4. The zero-order chi connectivity index (χ0) is 15.9. The Morgan fingerprint density at radius 3 is 2.59 bits per heavy atom. The first kappa shape index (κ1) is 16.7. The van der Waals surface area contributed by atoms with Gasteiger partial charge in [-0.3, -0.25) is 4.79 Å². The number of benzene rings is 2. The van der Waals surface area contributed by atoms with Gasteiger partial charge in [0.25, 0.3) is 0 Å². The predicted molar refractivity (Wildman–Crippen MR) is 92.1 cm³/mol. The van der Waals surface area contributed by atoms with Gasteiger partial charge in [0, 0.05) is 4.47 Å². The van der Waals surface area contributed by atoms with E-state index >= 15 is 0 Å². The Morgan fingerprint density at radius 1 is 1.23 bits per heavy atom. The van der Waals surface area contributed by atoms with Crippen molar-refractivity contribution in [2.45, 2.75) is 26.0 Å². The van der Waals surface area contributed by atoms with E-state index < -0.39 is 0 Å². The quantitative estimate of drug-likeness (QED) is 0.815. The van der Waals surface area contributed by atoms with Gasteiger partial charge in [0.15, 0.2) is 0 Å². The minimum atomic E-state index is -0.201. The largest absolute Gasteiger partial charge is 0.489 e. The second kappa shape index (κ2) is 8.11. The lowest BCUT2D eigenvalue weighted by molar-refractivity contribution is -0.118. The summed E-state index contributed by atoms with van der Waals surface area (Å²) in [6, 6.07) is 15.7. The molecule has 0 aliphatic carbocycles. The molecule has 2 rings (SSSR count). The number of carbonyl (C=O) groups excluding carboxylic acids is 1. The number of nitrogens with one attached hydrogen (secondary N) is 1. The molecule has 116 valence electrons. The monoisotopic (exact) mass is 361 g/mol. The summed E-state index contributed by atoms with van der Waals surface area (Å²) in [6.45, 7) is 2.11. The summed E-state index contributed by atoms with van der Waals surface area (Å²) in [4.78, 5) is 11.6. The Kier molecular flexibility index (Phi) is 6.16. The fourth-order valence-corrected chi connectivity index (χ4v) is 2.66. The fraction of sp³-hybridized carbons (Fsp3) is 0.278.